The van der Waals surface area contributed by atoms with Gasteiger partial charge in [0.15, 0.2) is 5.82 Å². The Morgan fingerprint density at radius 3 is 2.00 bits per heavy atom. The van der Waals surface area contributed by atoms with E-state index in [1.807, 2.05) is 30.3 Å². The average Bonchev–Trinajstić information content (AvgIpc) is 3.95. The molecule has 0 fully saturated rings. The Hall–Kier alpha value is -7.24. The summed E-state index contributed by atoms with van der Waals surface area (Å²) in [5.74, 6) is 0.789. The van der Waals surface area contributed by atoms with Gasteiger partial charge in [0.1, 0.15) is 16.9 Å². The van der Waals surface area contributed by atoms with Crippen molar-refractivity contribution in [2.75, 3.05) is 0 Å². The SMILES string of the molecule is c1ccc2c(c1)ccc1c3c4c5cccc6c7ccccc7n(c4ccc3n(-c3nc4ccccc4nc3-c3ccc4c(c3)oc3ccccc34)c21)c65. The third-order valence-corrected chi connectivity index (χ3v) is 11.4. The third-order valence-electron chi connectivity index (χ3n) is 11.4. The summed E-state index contributed by atoms with van der Waals surface area (Å²) in [7, 11) is 0. The number of nitrogens with zero attached hydrogens (tertiary/aromatic N) is 4. The van der Waals surface area contributed by atoms with Crippen LogP contribution in [0.25, 0.3) is 121 Å². The van der Waals surface area contributed by atoms with Crippen LogP contribution in [-0.2, 0) is 0 Å². The number of fused-ring (bicyclic) bond motifs is 16. The first-order chi connectivity index (χ1) is 26.3. The van der Waals surface area contributed by atoms with Crippen LogP contribution in [0.1, 0.15) is 0 Å². The standard InChI is InChI=1S/C48H26N4O/c1-2-11-29-27(10-1)20-23-35-44-40(25-24-39-43(44)34-15-9-14-33-30-12-3-7-18-38(30)51(39)47(33)34)52(46(29)35)48-45(49-36-16-5-6-17-37(36)50-48)28-21-22-32-31-13-4-8-19-41(31)53-42(32)26-28/h1-26H. The molecule has 5 heteroatoms. The van der Waals surface area contributed by atoms with Crippen LogP contribution in [0.2, 0.25) is 0 Å². The second-order valence-corrected chi connectivity index (χ2v) is 14.1. The fourth-order valence-electron chi connectivity index (χ4n) is 9.22. The number of furan rings is 1. The molecule has 0 spiro atoms. The largest absolute Gasteiger partial charge is 0.456 e. The van der Waals surface area contributed by atoms with Gasteiger partial charge in [-0.15, -0.1) is 0 Å². The molecule has 0 saturated heterocycles. The van der Waals surface area contributed by atoms with Gasteiger partial charge in [0.05, 0.1) is 38.6 Å². The number of hydrogen-bond donors (Lipinski definition) is 0. The van der Waals surface area contributed by atoms with Crippen molar-refractivity contribution in [3.05, 3.63) is 158 Å². The van der Waals surface area contributed by atoms with Crippen LogP contribution in [0.15, 0.2) is 162 Å². The van der Waals surface area contributed by atoms with Gasteiger partial charge in [-0.05, 0) is 53.9 Å². The molecule has 0 radical (unpaired) electrons. The lowest BCUT2D eigenvalue weighted by Gasteiger charge is -2.14. The van der Waals surface area contributed by atoms with Crippen molar-refractivity contribution in [3.63, 3.8) is 0 Å². The zero-order valence-corrected chi connectivity index (χ0v) is 28.2. The second-order valence-electron chi connectivity index (χ2n) is 14.1. The van der Waals surface area contributed by atoms with E-state index >= 15 is 0 Å². The molecule has 5 aromatic heterocycles. The molecule has 5 heterocycles. The zero-order chi connectivity index (χ0) is 34.4. The van der Waals surface area contributed by atoms with Crippen molar-refractivity contribution in [1.82, 2.24) is 18.9 Å². The number of hydrogen-bond acceptors (Lipinski definition) is 3. The smallest absolute Gasteiger partial charge is 0.165 e. The first kappa shape index (κ1) is 27.5. The molecule has 13 aromatic rings. The van der Waals surface area contributed by atoms with Gasteiger partial charge in [-0.25, -0.2) is 9.97 Å². The maximum Gasteiger partial charge on any atom is 0.165 e. The first-order valence-corrected chi connectivity index (χ1v) is 18.0. The average molecular weight is 675 g/mol. The normalized spacial score (nSPS) is 12.5. The molecule has 244 valence electrons. The monoisotopic (exact) mass is 674 g/mol. The van der Waals surface area contributed by atoms with E-state index in [0.29, 0.717) is 0 Å². The molecule has 0 aliphatic heterocycles. The van der Waals surface area contributed by atoms with E-state index in [0.717, 1.165) is 61.1 Å². The highest BCUT2D eigenvalue weighted by molar-refractivity contribution is 6.34. The summed E-state index contributed by atoms with van der Waals surface area (Å²) in [6.07, 6.45) is 0. The highest BCUT2D eigenvalue weighted by atomic mass is 16.3. The van der Waals surface area contributed by atoms with Gasteiger partial charge in [0.2, 0.25) is 0 Å². The zero-order valence-electron chi connectivity index (χ0n) is 28.2. The van der Waals surface area contributed by atoms with Crippen LogP contribution < -0.4 is 0 Å². The fraction of sp³-hybridized carbons (Fsp3) is 0. The van der Waals surface area contributed by atoms with Crippen molar-refractivity contribution in [2.45, 2.75) is 0 Å². The van der Waals surface area contributed by atoms with Crippen LogP contribution in [0, 0.1) is 0 Å². The summed E-state index contributed by atoms with van der Waals surface area (Å²) < 4.78 is 11.2. The molecule has 0 atom stereocenters. The molecule has 13 rings (SSSR count). The number of aromatic nitrogens is 4. The van der Waals surface area contributed by atoms with E-state index in [1.165, 1.54) is 59.6 Å². The van der Waals surface area contributed by atoms with Crippen LogP contribution in [0.5, 0.6) is 0 Å². The summed E-state index contributed by atoms with van der Waals surface area (Å²) >= 11 is 0. The van der Waals surface area contributed by atoms with E-state index in [1.54, 1.807) is 0 Å². The highest BCUT2D eigenvalue weighted by Gasteiger charge is 2.25. The molecule has 0 aliphatic rings. The van der Waals surface area contributed by atoms with Crippen molar-refractivity contribution < 1.29 is 4.42 Å². The minimum Gasteiger partial charge on any atom is -0.456 e. The van der Waals surface area contributed by atoms with Crippen molar-refractivity contribution >= 4 is 104 Å². The summed E-state index contributed by atoms with van der Waals surface area (Å²) in [4.78, 5) is 10.9. The molecule has 5 nitrogen and oxygen atoms in total. The Morgan fingerprint density at radius 1 is 0.415 bits per heavy atom. The molecule has 53 heavy (non-hydrogen) atoms. The third kappa shape index (κ3) is 3.46. The summed E-state index contributed by atoms with van der Waals surface area (Å²) in [5.41, 5.74) is 11.1. The van der Waals surface area contributed by atoms with Crippen molar-refractivity contribution in [3.8, 4) is 17.1 Å². The summed E-state index contributed by atoms with van der Waals surface area (Å²) in [6, 6.07) is 56.2. The number of rotatable bonds is 2. The van der Waals surface area contributed by atoms with E-state index in [9.17, 15) is 0 Å². The van der Waals surface area contributed by atoms with E-state index < -0.39 is 0 Å². The Bertz CT molecular complexity index is 3700. The molecule has 0 unspecified atom stereocenters. The minimum absolute atomic E-state index is 0.789. The molecule has 0 aliphatic carbocycles. The maximum absolute atomic E-state index is 6.41. The van der Waals surface area contributed by atoms with E-state index in [2.05, 4.69) is 136 Å². The van der Waals surface area contributed by atoms with E-state index in [-0.39, 0.29) is 0 Å². The Morgan fingerprint density at radius 2 is 1.08 bits per heavy atom. The quantitative estimate of drug-likeness (QED) is 0.183. The molecule has 0 bridgehead atoms. The van der Waals surface area contributed by atoms with Crippen LogP contribution in [0.4, 0.5) is 0 Å². The molecule has 0 saturated carbocycles. The van der Waals surface area contributed by atoms with Gasteiger partial charge >= 0.3 is 0 Å². The maximum atomic E-state index is 6.41. The predicted molar refractivity (Wildman–Crippen MR) is 219 cm³/mol. The minimum atomic E-state index is 0.789. The number of benzene rings is 8. The summed E-state index contributed by atoms with van der Waals surface area (Å²) in [5, 5.41) is 12.0. The van der Waals surface area contributed by atoms with Gasteiger partial charge in [-0.2, -0.15) is 0 Å². The van der Waals surface area contributed by atoms with Crippen molar-refractivity contribution in [1.29, 1.82) is 0 Å². The Labute approximate surface area is 300 Å². The predicted octanol–water partition coefficient (Wildman–Crippen LogP) is 12.6. The van der Waals surface area contributed by atoms with Crippen LogP contribution in [0.3, 0.4) is 0 Å². The topological polar surface area (TPSA) is 48.3 Å². The fourth-order valence-corrected chi connectivity index (χ4v) is 9.22. The molecular formula is C48H26N4O. The van der Waals surface area contributed by atoms with Crippen LogP contribution in [-0.4, -0.2) is 18.9 Å². The summed E-state index contributed by atoms with van der Waals surface area (Å²) in [6.45, 7) is 0. The lowest BCUT2D eigenvalue weighted by Crippen LogP contribution is -2.04. The lowest BCUT2D eigenvalue weighted by atomic mass is 10.0. The Balaban J connectivity index is 1.23. The number of para-hydroxylation sites is 5. The van der Waals surface area contributed by atoms with Crippen LogP contribution >= 0.6 is 0 Å². The van der Waals surface area contributed by atoms with Gasteiger partial charge in [-0.3, -0.25) is 4.57 Å². The van der Waals surface area contributed by atoms with Gasteiger partial charge in [0, 0.05) is 54.0 Å². The Kier molecular flexibility index (Phi) is 5.06. The highest BCUT2D eigenvalue weighted by Crippen LogP contribution is 2.47. The lowest BCUT2D eigenvalue weighted by molar-refractivity contribution is 0.669. The van der Waals surface area contributed by atoms with Gasteiger partial charge in [0.25, 0.3) is 0 Å². The second kappa shape index (κ2) is 9.75. The van der Waals surface area contributed by atoms with E-state index in [4.69, 9.17) is 14.4 Å². The first-order valence-electron chi connectivity index (χ1n) is 18.0. The molecule has 8 aromatic carbocycles. The van der Waals surface area contributed by atoms with Crippen molar-refractivity contribution in [2.24, 2.45) is 0 Å². The van der Waals surface area contributed by atoms with Gasteiger partial charge in [-0.1, -0.05) is 109 Å². The molecule has 0 N–H and O–H groups in total. The van der Waals surface area contributed by atoms with Gasteiger partial charge < -0.3 is 8.82 Å². The molecular weight excluding hydrogens is 649 g/mol. The molecule has 0 amide bonds.